The Kier molecular flexibility index (Phi) is 3.64. The average molecular weight is 337 g/mol. The molecule has 1 heterocycles. The van der Waals surface area contributed by atoms with Crippen LogP contribution in [-0.2, 0) is 0 Å². The molecule has 0 amide bonds. The number of aryl methyl sites for hydroxylation is 1. The van der Waals surface area contributed by atoms with Gasteiger partial charge in [0.2, 0.25) is 0 Å². The van der Waals surface area contributed by atoms with E-state index in [2.05, 4.69) is 51.7 Å². The van der Waals surface area contributed by atoms with Crippen molar-refractivity contribution in [3.8, 4) is 23.0 Å². The molecule has 2 aromatic carbocycles. The fourth-order valence-electron chi connectivity index (χ4n) is 2.43. The predicted octanol–water partition coefficient (Wildman–Crippen LogP) is 5.09. The molecule has 3 heteroatoms. The smallest absolute Gasteiger partial charge is 0.100 e. The van der Waals surface area contributed by atoms with E-state index in [1.165, 1.54) is 11.1 Å². The SMILES string of the molecule is Cc1ccccc1-c1cccn1-c1ccc(C#N)c(Br)c1. The zero-order valence-electron chi connectivity index (χ0n) is 11.5. The molecule has 0 bridgehead atoms. The summed E-state index contributed by atoms with van der Waals surface area (Å²) in [5.41, 5.74) is 5.27. The van der Waals surface area contributed by atoms with Crippen LogP contribution in [0.15, 0.2) is 65.3 Å². The number of halogens is 1. The van der Waals surface area contributed by atoms with E-state index < -0.39 is 0 Å². The number of hydrogen-bond acceptors (Lipinski definition) is 1. The molecule has 0 fully saturated rings. The first-order valence-electron chi connectivity index (χ1n) is 6.64. The Bertz CT molecular complexity index is 840. The lowest BCUT2D eigenvalue weighted by atomic mass is 10.1. The molecule has 102 valence electrons. The van der Waals surface area contributed by atoms with Gasteiger partial charge in [-0.3, -0.25) is 0 Å². The molecule has 0 saturated heterocycles. The molecule has 21 heavy (non-hydrogen) atoms. The summed E-state index contributed by atoms with van der Waals surface area (Å²) in [6.07, 6.45) is 2.04. The van der Waals surface area contributed by atoms with Crippen molar-refractivity contribution in [3.63, 3.8) is 0 Å². The number of nitrogens with zero attached hydrogens (tertiary/aromatic N) is 2. The normalized spacial score (nSPS) is 10.3. The Balaban J connectivity index is 2.14. The first kappa shape index (κ1) is 13.7. The third kappa shape index (κ3) is 2.51. The lowest BCUT2D eigenvalue weighted by Crippen LogP contribution is -1.96. The summed E-state index contributed by atoms with van der Waals surface area (Å²) in [6.45, 7) is 2.11. The minimum absolute atomic E-state index is 0.642. The van der Waals surface area contributed by atoms with Gasteiger partial charge in [-0.1, -0.05) is 24.3 Å². The van der Waals surface area contributed by atoms with Gasteiger partial charge in [0.15, 0.2) is 0 Å². The van der Waals surface area contributed by atoms with Crippen molar-refractivity contribution in [2.45, 2.75) is 6.92 Å². The first-order chi connectivity index (χ1) is 10.2. The van der Waals surface area contributed by atoms with Crippen LogP contribution in [0.5, 0.6) is 0 Å². The van der Waals surface area contributed by atoms with E-state index in [1.807, 2.05) is 42.6 Å². The molecule has 0 spiro atoms. The minimum atomic E-state index is 0.642. The van der Waals surface area contributed by atoms with Crippen molar-refractivity contribution in [1.29, 1.82) is 5.26 Å². The quantitative estimate of drug-likeness (QED) is 0.640. The van der Waals surface area contributed by atoms with Gasteiger partial charge < -0.3 is 4.57 Å². The van der Waals surface area contributed by atoms with Gasteiger partial charge in [0.25, 0.3) is 0 Å². The van der Waals surface area contributed by atoms with Gasteiger partial charge in [-0.25, -0.2) is 0 Å². The highest BCUT2D eigenvalue weighted by Gasteiger charge is 2.09. The van der Waals surface area contributed by atoms with Gasteiger partial charge in [0, 0.05) is 21.9 Å². The molecule has 0 aliphatic carbocycles. The lowest BCUT2D eigenvalue weighted by molar-refractivity contribution is 1.08. The van der Waals surface area contributed by atoms with Gasteiger partial charge in [-0.2, -0.15) is 5.26 Å². The molecule has 3 rings (SSSR count). The van der Waals surface area contributed by atoms with Crippen molar-refractivity contribution in [1.82, 2.24) is 4.57 Å². The maximum atomic E-state index is 9.02. The molecule has 0 atom stereocenters. The Morgan fingerprint density at radius 2 is 1.86 bits per heavy atom. The summed E-state index contributed by atoms with van der Waals surface area (Å²) in [7, 11) is 0. The maximum absolute atomic E-state index is 9.02. The Labute approximate surface area is 132 Å². The van der Waals surface area contributed by atoms with E-state index in [9.17, 15) is 0 Å². The fourth-order valence-corrected chi connectivity index (χ4v) is 2.89. The van der Waals surface area contributed by atoms with Gasteiger partial charge in [0.05, 0.1) is 11.3 Å². The molecule has 1 aromatic heterocycles. The predicted molar refractivity (Wildman–Crippen MR) is 88.4 cm³/mol. The lowest BCUT2D eigenvalue weighted by Gasteiger charge is -2.12. The van der Waals surface area contributed by atoms with Crippen LogP contribution in [0.2, 0.25) is 0 Å². The molecule has 0 aliphatic heterocycles. The van der Waals surface area contributed by atoms with E-state index in [-0.39, 0.29) is 0 Å². The Morgan fingerprint density at radius 3 is 2.57 bits per heavy atom. The summed E-state index contributed by atoms with van der Waals surface area (Å²) >= 11 is 3.45. The summed E-state index contributed by atoms with van der Waals surface area (Å²) in [6, 6.07) is 20.4. The molecule has 0 N–H and O–H groups in total. The highest BCUT2D eigenvalue weighted by atomic mass is 79.9. The number of aromatic nitrogens is 1. The van der Waals surface area contributed by atoms with Crippen LogP contribution in [0.25, 0.3) is 16.9 Å². The number of rotatable bonds is 2. The minimum Gasteiger partial charge on any atom is -0.317 e. The largest absolute Gasteiger partial charge is 0.317 e. The Hall–Kier alpha value is -2.31. The summed E-state index contributed by atoms with van der Waals surface area (Å²) in [5, 5.41) is 9.02. The summed E-state index contributed by atoms with van der Waals surface area (Å²) in [4.78, 5) is 0. The van der Waals surface area contributed by atoms with Crippen molar-refractivity contribution < 1.29 is 0 Å². The average Bonchev–Trinajstić information content (AvgIpc) is 2.97. The highest BCUT2D eigenvalue weighted by Crippen LogP contribution is 2.28. The third-order valence-electron chi connectivity index (χ3n) is 3.52. The maximum Gasteiger partial charge on any atom is 0.100 e. The van der Waals surface area contributed by atoms with E-state index in [1.54, 1.807) is 0 Å². The van der Waals surface area contributed by atoms with E-state index in [0.29, 0.717) is 5.56 Å². The number of benzene rings is 2. The number of nitriles is 1. The standard InChI is InChI=1S/C18H13BrN2/c1-13-5-2-3-6-16(13)18-7-4-10-21(18)15-9-8-14(12-20)17(19)11-15/h2-11H,1H3. The highest BCUT2D eigenvalue weighted by molar-refractivity contribution is 9.10. The van der Waals surface area contributed by atoms with Gasteiger partial charge >= 0.3 is 0 Å². The molecule has 0 unspecified atom stereocenters. The first-order valence-corrected chi connectivity index (χ1v) is 7.43. The van der Waals surface area contributed by atoms with Crippen LogP contribution in [-0.4, -0.2) is 4.57 Å². The van der Waals surface area contributed by atoms with E-state index in [4.69, 9.17) is 5.26 Å². The van der Waals surface area contributed by atoms with Crippen LogP contribution in [0.4, 0.5) is 0 Å². The van der Waals surface area contributed by atoms with Crippen LogP contribution >= 0.6 is 15.9 Å². The van der Waals surface area contributed by atoms with E-state index in [0.717, 1.165) is 15.9 Å². The molecule has 3 aromatic rings. The van der Waals surface area contributed by atoms with Crippen LogP contribution in [0, 0.1) is 18.3 Å². The van der Waals surface area contributed by atoms with E-state index >= 15 is 0 Å². The second kappa shape index (κ2) is 5.59. The monoisotopic (exact) mass is 336 g/mol. The molecule has 2 nitrogen and oxygen atoms in total. The van der Waals surface area contributed by atoms with Crippen LogP contribution < -0.4 is 0 Å². The number of hydrogen-bond donors (Lipinski definition) is 0. The van der Waals surface area contributed by atoms with Crippen molar-refractivity contribution in [3.05, 3.63) is 76.4 Å². The van der Waals surface area contributed by atoms with Gasteiger partial charge in [0.1, 0.15) is 6.07 Å². The Morgan fingerprint density at radius 1 is 1.05 bits per heavy atom. The second-order valence-corrected chi connectivity index (χ2v) is 5.71. The fraction of sp³-hybridized carbons (Fsp3) is 0.0556. The summed E-state index contributed by atoms with van der Waals surface area (Å²) in [5.74, 6) is 0. The van der Waals surface area contributed by atoms with Gasteiger partial charge in [-0.05, 0) is 58.7 Å². The zero-order valence-corrected chi connectivity index (χ0v) is 13.1. The molecule has 0 radical (unpaired) electrons. The third-order valence-corrected chi connectivity index (χ3v) is 4.18. The van der Waals surface area contributed by atoms with Crippen LogP contribution in [0.3, 0.4) is 0 Å². The van der Waals surface area contributed by atoms with Crippen LogP contribution in [0.1, 0.15) is 11.1 Å². The second-order valence-electron chi connectivity index (χ2n) is 4.85. The molecule has 0 saturated carbocycles. The zero-order chi connectivity index (χ0) is 14.8. The summed E-state index contributed by atoms with van der Waals surface area (Å²) < 4.78 is 2.95. The molecular formula is C18H13BrN2. The molecular weight excluding hydrogens is 324 g/mol. The van der Waals surface area contributed by atoms with Gasteiger partial charge in [-0.15, -0.1) is 0 Å². The van der Waals surface area contributed by atoms with Crippen molar-refractivity contribution in [2.24, 2.45) is 0 Å². The topological polar surface area (TPSA) is 28.7 Å². The van der Waals surface area contributed by atoms with Crippen molar-refractivity contribution >= 4 is 15.9 Å². The molecule has 0 aliphatic rings. The van der Waals surface area contributed by atoms with Crippen molar-refractivity contribution in [2.75, 3.05) is 0 Å².